The summed E-state index contributed by atoms with van der Waals surface area (Å²) in [5.41, 5.74) is 6.63. The number of anilines is 1. The minimum atomic E-state index is -0.216. The molecule has 1 unspecified atom stereocenters. The van der Waals surface area contributed by atoms with Gasteiger partial charge in [-0.2, -0.15) is 0 Å². The summed E-state index contributed by atoms with van der Waals surface area (Å²) in [6.07, 6.45) is 13.2. The fraction of sp³-hybridized carbons (Fsp3) is 0.708. The largest absolute Gasteiger partial charge is 0.369 e. The number of primary amides is 1. The third-order valence-electron chi connectivity index (χ3n) is 6.55. The zero-order chi connectivity index (χ0) is 21.9. The van der Waals surface area contributed by atoms with Crippen LogP contribution in [0, 0.1) is 11.8 Å². The van der Waals surface area contributed by atoms with Crippen molar-refractivity contribution in [2.24, 2.45) is 22.6 Å². The van der Waals surface area contributed by atoms with Crippen molar-refractivity contribution in [3.63, 3.8) is 0 Å². The maximum absolute atomic E-state index is 11.7. The van der Waals surface area contributed by atoms with Crippen LogP contribution < -0.4 is 21.3 Å². The van der Waals surface area contributed by atoms with Gasteiger partial charge in [0.15, 0.2) is 5.96 Å². The molecule has 0 aromatic carbocycles. The van der Waals surface area contributed by atoms with Crippen LogP contribution in [-0.2, 0) is 11.3 Å². The van der Waals surface area contributed by atoms with Crippen LogP contribution in [0.2, 0.25) is 0 Å². The Kier molecular flexibility index (Phi) is 9.43. The molecule has 3 rings (SSSR count). The number of pyridine rings is 1. The highest BCUT2D eigenvalue weighted by molar-refractivity contribution is 5.80. The van der Waals surface area contributed by atoms with E-state index in [1.54, 1.807) is 0 Å². The fourth-order valence-corrected chi connectivity index (χ4v) is 4.81. The topological polar surface area (TPSA) is 95.6 Å². The third kappa shape index (κ3) is 7.40. The number of nitrogens with zero attached hydrogens (tertiary/aromatic N) is 3. The second kappa shape index (κ2) is 12.5. The normalized spacial score (nSPS) is 20.1. The number of piperidine rings is 1. The van der Waals surface area contributed by atoms with E-state index in [1.165, 1.54) is 44.9 Å². The number of unbranched alkanes of at least 4 members (excludes halogenated alkanes) is 1. The molecule has 1 atom stereocenters. The minimum Gasteiger partial charge on any atom is -0.369 e. The summed E-state index contributed by atoms with van der Waals surface area (Å²) in [6, 6.07) is 4.03. The van der Waals surface area contributed by atoms with Gasteiger partial charge in [0, 0.05) is 37.9 Å². The lowest BCUT2D eigenvalue weighted by Crippen LogP contribution is -2.42. The van der Waals surface area contributed by atoms with Crippen molar-refractivity contribution in [3.8, 4) is 0 Å². The second-order valence-electron chi connectivity index (χ2n) is 8.94. The maximum Gasteiger partial charge on any atom is 0.222 e. The standard InChI is InChI=1S/C24H40N6O/c1-2-26-24(28-14-6-5-11-19-9-3-4-10-19)29-17-20-12-7-15-27-23(20)30-16-8-13-21(18-30)22(25)31/h7,12,15,19,21H,2-6,8-11,13-14,16-18H2,1H3,(H2,25,31)(H2,26,28,29). The molecule has 2 fully saturated rings. The van der Waals surface area contributed by atoms with E-state index in [-0.39, 0.29) is 11.8 Å². The molecule has 7 nitrogen and oxygen atoms in total. The summed E-state index contributed by atoms with van der Waals surface area (Å²) in [7, 11) is 0. The summed E-state index contributed by atoms with van der Waals surface area (Å²) >= 11 is 0. The Bertz CT molecular complexity index is 716. The zero-order valence-electron chi connectivity index (χ0n) is 19.1. The van der Waals surface area contributed by atoms with E-state index in [1.807, 2.05) is 12.3 Å². The molecular weight excluding hydrogens is 388 g/mol. The lowest BCUT2D eigenvalue weighted by Gasteiger charge is -2.33. The predicted molar refractivity (Wildman–Crippen MR) is 127 cm³/mol. The molecule has 31 heavy (non-hydrogen) atoms. The predicted octanol–water partition coefficient (Wildman–Crippen LogP) is 3.20. The molecule has 1 saturated carbocycles. The van der Waals surface area contributed by atoms with E-state index < -0.39 is 0 Å². The highest BCUT2D eigenvalue weighted by atomic mass is 16.1. The van der Waals surface area contributed by atoms with Crippen LogP contribution >= 0.6 is 0 Å². The number of aromatic nitrogens is 1. The highest BCUT2D eigenvalue weighted by Crippen LogP contribution is 2.28. The fourth-order valence-electron chi connectivity index (χ4n) is 4.81. The van der Waals surface area contributed by atoms with Crippen LogP contribution in [0.5, 0.6) is 0 Å². The van der Waals surface area contributed by atoms with Crippen molar-refractivity contribution in [1.82, 2.24) is 15.6 Å². The molecule has 2 heterocycles. The number of amides is 1. The van der Waals surface area contributed by atoms with Crippen molar-refractivity contribution in [1.29, 1.82) is 0 Å². The van der Waals surface area contributed by atoms with Crippen molar-refractivity contribution in [2.75, 3.05) is 31.1 Å². The average molecular weight is 429 g/mol. The number of carbonyl (C=O) groups excluding carboxylic acids is 1. The molecule has 1 aliphatic carbocycles. The number of rotatable bonds is 10. The minimum absolute atomic E-state index is 0.102. The number of nitrogens with one attached hydrogen (secondary N) is 2. The number of hydrogen-bond donors (Lipinski definition) is 3. The number of carbonyl (C=O) groups is 1. The van der Waals surface area contributed by atoms with Gasteiger partial charge in [0.25, 0.3) is 0 Å². The molecule has 0 bridgehead atoms. The van der Waals surface area contributed by atoms with Gasteiger partial charge in [-0.25, -0.2) is 9.98 Å². The first-order chi connectivity index (χ1) is 15.2. The van der Waals surface area contributed by atoms with E-state index in [9.17, 15) is 4.79 Å². The number of hydrogen-bond acceptors (Lipinski definition) is 4. The van der Waals surface area contributed by atoms with Crippen LogP contribution in [0.4, 0.5) is 5.82 Å². The molecule has 4 N–H and O–H groups in total. The quantitative estimate of drug-likeness (QED) is 0.302. The van der Waals surface area contributed by atoms with Crippen molar-refractivity contribution >= 4 is 17.7 Å². The van der Waals surface area contributed by atoms with E-state index in [0.717, 1.165) is 55.7 Å². The Morgan fingerprint density at radius 2 is 2.06 bits per heavy atom. The van der Waals surface area contributed by atoms with Gasteiger partial charge in [-0.05, 0) is 38.2 Å². The van der Waals surface area contributed by atoms with Crippen LogP contribution in [0.25, 0.3) is 0 Å². The number of aliphatic imine (C=N–C) groups is 1. The van der Waals surface area contributed by atoms with Gasteiger partial charge in [-0.3, -0.25) is 4.79 Å². The van der Waals surface area contributed by atoms with Gasteiger partial charge in [-0.15, -0.1) is 0 Å². The molecule has 1 aromatic rings. The smallest absolute Gasteiger partial charge is 0.222 e. The van der Waals surface area contributed by atoms with Gasteiger partial charge in [0.05, 0.1) is 12.5 Å². The van der Waals surface area contributed by atoms with E-state index >= 15 is 0 Å². The van der Waals surface area contributed by atoms with E-state index in [2.05, 4.69) is 33.5 Å². The third-order valence-corrected chi connectivity index (χ3v) is 6.55. The number of nitrogens with two attached hydrogens (primary N) is 1. The molecule has 2 aliphatic rings. The summed E-state index contributed by atoms with van der Waals surface area (Å²) in [5, 5.41) is 6.83. The lowest BCUT2D eigenvalue weighted by molar-refractivity contribution is -0.122. The summed E-state index contributed by atoms with van der Waals surface area (Å²) < 4.78 is 0. The van der Waals surface area contributed by atoms with Crippen molar-refractivity contribution in [3.05, 3.63) is 23.9 Å². The van der Waals surface area contributed by atoms with Gasteiger partial charge in [0.2, 0.25) is 5.91 Å². The SMILES string of the molecule is CCNC(=NCc1cccnc1N1CCCC(C(N)=O)C1)NCCCCC1CCCC1. The van der Waals surface area contributed by atoms with Crippen molar-refractivity contribution < 1.29 is 4.79 Å². The first-order valence-corrected chi connectivity index (χ1v) is 12.2. The lowest BCUT2D eigenvalue weighted by atomic mass is 9.97. The van der Waals surface area contributed by atoms with Crippen LogP contribution in [0.1, 0.15) is 70.3 Å². The molecule has 1 amide bonds. The molecule has 7 heteroatoms. The zero-order valence-corrected chi connectivity index (χ0v) is 19.1. The summed E-state index contributed by atoms with van der Waals surface area (Å²) in [4.78, 5) is 23.3. The first kappa shape index (κ1) is 23.4. The van der Waals surface area contributed by atoms with E-state index in [4.69, 9.17) is 10.7 Å². The van der Waals surface area contributed by atoms with Crippen molar-refractivity contribution in [2.45, 2.75) is 71.3 Å². The van der Waals surface area contributed by atoms with Gasteiger partial charge < -0.3 is 21.3 Å². The molecule has 1 aliphatic heterocycles. The van der Waals surface area contributed by atoms with Crippen LogP contribution in [-0.4, -0.2) is 43.0 Å². The monoisotopic (exact) mass is 428 g/mol. The first-order valence-electron chi connectivity index (χ1n) is 12.2. The van der Waals surface area contributed by atoms with Gasteiger partial charge in [0.1, 0.15) is 5.82 Å². The molecule has 0 radical (unpaired) electrons. The summed E-state index contributed by atoms with van der Waals surface area (Å²) in [5.74, 6) is 2.42. The van der Waals surface area contributed by atoms with Crippen LogP contribution in [0.15, 0.2) is 23.3 Å². The molecule has 1 saturated heterocycles. The van der Waals surface area contributed by atoms with E-state index in [0.29, 0.717) is 13.1 Å². The second-order valence-corrected chi connectivity index (χ2v) is 8.94. The molecular formula is C24H40N6O. The Balaban J connectivity index is 1.53. The van der Waals surface area contributed by atoms with Crippen LogP contribution in [0.3, 0.4) is 0 Å². The average Bonchev–Trinajstić information content (AvgIpc) is 3.31. The Morgan fingerprint density at radius 3 is 2.84 bits per heavy atom. The molecule has 172 valence electrons. The molecule has 0 spiro atoms. The highest BCUT2D eigenvalue weighted by Gasteiger charge is 2.25. The number of guanidine groups is 1. The Hall–Kier alpha value is -2.31. The van der Waals surface area contributed by atoms with Gasteiger partial charge in [-0.1, -0.05) is 44.6 Å². The Morgan fingerprint density at radius 1 is 1.23 bits per heavy atom. The van der Waals surface area contributed by atoms with Gasteiger partial charge >= 0.3 is 0 Å². The molecule has 1 aromatic heterocycles. The Labute approximate surface area is 187 Å². The maximum atomic E-state index is 11.7. The summed E-state index contributed by atoms with van der Waals surface area (Å²) in [6.45, 7) is 5.97.